The maximum atomic E-state index is 6.26. The van der Waals surface area contributed by atoms with Crippen molar-refractivity contribution in [3.63, 3.8) is 0 Å². The zero-order chi connectivity index (χ0) is 13.0. The maximum Gasteiger partial charge on any atom is 0.0417 e. The molecule has 0 amide bonds. The molecule has 0 unspecified atom stereocenters. The Kier molecular flexibility index (Phi) is 4.65. The van der Waals surface area contributed by atoms with Crippen LogP contribution < -0.4 is 10.6 Å². The van der Waals surface area contributed by atoms with Gasteiger partial charge in [0, 0.05) is 24.3 Å². The molecule has 1 fully saturated rings. The highest BCUT2D eigenvalue weighted by Gasteiger charge is 2.24. The van der Waals surface area contributed by atoms with Crippen molar-refractivity contribution in [1.82, 2.24) is 0 Å². The number of hydrogen-bond donors (Lipinski definition) is 1. The van der Waals surface area contributed by atoms with Crippen LogP contribution in [0, 0.1) is 0 Å². The van der Waals surface area contributed by atoms with E-state index in [9.17, 15) is 0 Å². The quantitative estimate of drug-likeness (QED) is 0.854. The van der Waals surface area contributed by atoms with Crippen LogP contribution in [0.2, 0.25) is 0 Å². The zero-order valence-electron chi connectivity index (χ0n) is 11.7. The van der Waals surface area contributed by atoms with Crippen LogP contribution in [0.3, 0.4) is 0 Å². The van der Waals surface area contributed by atoms with Crippen molar-refractivity contribution < 1.29 is 0 Å². The van der Waals surface area contributed by atoms with E-state index in [1.165, 1.54) is 36.9 Å². The molecule has 2 heteroatoms. The lowest BCUT2D eigenvalue weighted by Crippen LogP contribution is -2.34. The molecule has 1 aromatic carbocycles. The number of para-hydroxylation sites is 1. The molecule has 0 aromatic heterocycles. The summed E-state index contributed by atoms with van der Waals surface area (Å²) >= 11 is 0. The first kappa shape index (κ1) is 13.4. The third kappa shape index (κ3) is 2.69. The van der Waals surface area contributed by atoms with Gasteiger partial charge in [0.25, 0.3) is 0 Å². The molecule has 2 rings (SSSR count). The van der Waals surface area contributed by atoms with Gasteiger partial charge in [-0.15, -0.1) is 0 Å². The highest BCUT2D eigenvalue weighted by molar-refractivity contribution is 5.55. The smallest absolute Gasteiger partial charge is 0.0417 e. The summed E-state index contributed by atoms with van der Waals surface area (Å²) in [5, 5.41) is 0. The summed E-state index contributed by atoms with van der Waals surface area (Å²) in [4.78, 5) is 2.57. The Labute approximate surface area is 111 Å². The van der Waals surface area contributed by atoms with E-state index in [0.717, 1.165) is 19.0 Å². The van der Waals surface area contributed by atoms with Gasteiger partial charge in [-0.2, -0.15) is 0 Å². The molecule has 18 heavy (non-hydrogen) atoms. The molecule has 1 aromatic rings. The second kappa shape index (κ2) is 6.24. The molecule has 1 aliphatic rings. The van der Waals surface area contributed by atoms with Gasteiger partial charge in [0.1, 0.15) is 0 Å². The minimum atomic E-state index is 0.164. The average Bonchev–Trinajstić information content (AvgIpc) is 2.93. The number of hydrogen-bond acceptors (Lipinski definition) is 2. The van der Waals surface area contributed by atoms with Gasteiger partial charge in [-0.3, -0.25) is 0 Å². The van der Waals surface area contributed by atoms with E-state index in [1.807, 2.05) is 0 Å². The second-order valence-electron chi connectivity index (χ2n) is 5.30. The van der Waals surface area contributed by atoms with Gasteiger partial charge in [-0.25, -0.2) is 0 Å². The number of nitrogens with zero attached hydrogens (tertiary/aromatic N) is 1. The first-order valence-electron chi connectivity index (χ1n) is 7.39. The lowest BCUT2D eigenvalue weighted by atomic mass is 10.0. The summed E-state index contributed by atoms with van der Waals surface area (Å²) in [6.45, 7) is 5.50. The third-order valence-corrected chi connectivity index (χ3v) is 4.19. The van der Waals surface area contributed by atoms with Crippen LogP contribution in [0.15, 0.2) is 24.3 Å². The topological polar surface area (TPSA) is 29.3 Å². The van der Waals surface area contributed by atoms with Crippen molar-refractivity contribution in [1.29, 1.82) is 0 Å². The molecule has 0 saturated heterocycles. The molecule has 0 spiro atoms. The fraction of sp³-hybridized carbons (Fsp3) is 0.625. The van der Waals surface area contributed by atoms with E-state index >= 15 is 0 Å². The zero-order valence-corrected chi connectivity index (χ0v) is 11.7. The molecule has 0 bridgehead atoms. The monoisotopic (exact) mass is 246 g/mol. The predicted octanol–water partition coefficient (Wildman–Crippen LogP) is 3.87. The van der Waals surface area contributed by atoms with Crippen molar-refractivity contribution in [3.05, 3.63) is 29.8 Å². The van der Waals surface area contributed by atoms with E-state index in [4.69, 9.17) is 5.73 Å². The summed E-state index contributed by atoms with van der Waals surface area (Å²) < 4.78 is 0. The second-order valence-corrected chi connectivity index (χ2v) is 5.30. The van der Waals surface area contributed by atoms with E-state index in [0.29, 0.717) is 0 Å². The Morgan fingerprint density at radius 2 is 1.89 bits per heavy atom. The Morgan fingerprint density at radius 1 is 1.22 bits per heavy atom. The first-order chi connectivity index (χ1) is 8.77. The minimum Gasteiger partial charge on any atom is -0.369 e. The van der Waals surface area contributed by atoms with E-state index in [1.54, 1.807) is 0 Å². The minimum absolute atomic E-state index is 0.164. The highest BCUT2D eigenvalue weighted by Crippen LogP contribution is 2.32. The SMILES string of the molecule is CC[C@H](N)c1ccccc1N(CC)C1CCCC1. The summed E-state index contributed by atoms with van der Waals surface area (Å²) in [6, 6.07) is 9.57. The highest BCUT2D eigenvalue weighted by atomic mass is 15.2. The van der Waals surface area contributed by atoms with Crippen LogP contribution in [0.5, 0.6) is 0 Å². The molecule has 100 valence electrons. The van der Waals surface area contributed by atoms with Gasteiger partial charge in [-0.05, 0) is 37.8 Å². The standard InChI is InChI=1S/C16H26N2/c1-3-15(17)14-11-7-8-12-16(14)18(4-2)13-9-5-6-10-13/h7-8,11-13,15H,3-6,9-10,17H2,1-2H3/t15-/m0/s1. The normalized spacial score (nSPS) is 17.9. The van der Waals surface area contributed by atoms with Crippen LogP contribution in [-0.2, 0) is 0 Å². The molecule has 1 aliphatic carbocycles. The fourth-order valence-electron chi connectivity index (χ4n) is 3.12. The van der Waals surface area contributed by atoms with E-state index in [2.05, 4.69) is 43.0 Å². The molecular weight excluding hydrogens is 220 g/mol. The van der Waals surface area contributed by atoms with Crippen LogP contribution in [0.1, 0.15) is 57.6 Å². The predicted molar refractivity (Wildman–Crippen MR) is 78.9 cm³/mol. The van der Waals surface area contributed by atoms with Gasteiger partial charge < -0.3 is 10.6 Å². The molecule has 0 heterocycles. The van der Waals surface area contributed by atoms with E-state index in [-0.39, 0.29) is 6.04 Å². The van der Waals surface area contributed by atoms with Crippen LogP contribution in [0.4, 0.5) is 5.69 Å². The van der Waals surface area contributed by atoms with Crippen molar-refractivity contribution in [2.45, 2.75) is 58.0 Å². The molecular formula is C16H26N2. The fourth-order valence-corrected chi connectivity index (χ4v) is 3.12. The molecule has 2 N–H and O–H groups in total. The van der Waals surface area contributed by atoms with Gasteiger partial charge in [-0.1, -0.05) is 38.0 Å². The number of anilines is 1. The van der Waals surface area contributed by atoms with Crippen LogP contribution >= 0.6 is 0 Å². The van der Waals surface area contributed by atoms with Crippen molar-refractivity contribution in [2.75, 3.05) is 11.4 Å². The van der Waals surface area contributed by atoms with Crippen LogP contribution in [0.25, 0.3) is 0 Å². The van der Waals surface area contributed by atoms with Gasteiger partial charge in [0.2, 0.25) is 0 Å². The Bertz CT molecular complexity index is 369. The van der Waals surface area contributed by atoms with Gasteiger partial charge >= 0.3 is 0 Å². The van der Waals surface area contributed by atoms with Crippen molar-refractivity contribution in [2.24, 2.45) is 5.73 Å². The molecule has 1 saturated carbocycles. The molecule has 1 atom stereocenters. The Morgan fingerprint density at radius 3 is 2.50 bits per heavy atom. The number of nitrogens with two attached hydrogens (primary N) is 1. The Balaban J connectivity index is 2.29. The van der Waals surface area contributed by atoms with Crippen LogP contribution in [-0.4, -0.2) is 12.6 Å². The lowest BCUT2D eigenvalue weighted by Gasteiger charge is -2.33. The van der Waals surface area contributed by atoms with Crippen molar-refractivity contribution in [3.8, 4) is 0 Å². The maximum absolute atomic E-state index is 6.26. The lowest BCUT2D eigenvalue weighted by molar-refractivity contribution is 0.609. The molecule has 0 aliphatic heterocycles. The Hall–Kier alpha value is -1.02. The number of benzene rings is 1. The summed E-state index contributed by atoms with van der Waals surface area (Å²) in [7, 11) is 0. The summed E-state index contributed by atoms with van der Waals surface area (Å²) in [5.41, 5.74) is 8.94. The number of rotatable bonds is 5. The summed E-state index contributed by atoms with van der Waals surface area (Å²) in [5.74, 6) is 0. The summed E-state index contributed by atoms with van der Waals surface area (Å²) in [6.07, 6.45) is 6.43. The van der Waals surface area contributed by atoms with Gasteiger partial charge in [0.15, 0.2) is 0 Å². The molecule has 2 nitrogen and oxygen atoms in total. The average molecular weight is 246 g/mol. The molecule has 0 radical (unpaired) electrons. The first-order valence-corrected chi connectivity index (χ1v) is 7.39. The van der Waals surface area contributed by atoms with Crippen molar-refractivity contribution >= 4 is 5.69 Å². The largest absolute Gasteiger partial charge is 0.369 e. The van der Waals surface area contributed by atoms with E-state index < -0.39 is 0 Å². The third-order valence-electron chi connectivity index (χ3n) is 4.19. The van der Waals surface area contributed by atoms with Gasteiger partial charge in [0.05, 0.1) is 0 Å².